The molecule has 0 fully saturated rings. The van der Waals surface area contributed by atoms with E-state index in [1.54, 1.807) is 7.11 Å². The number of ether oxygens (including phenoxy) is 1. The molecule has 112 valence electrons. The summed E-state index contributed by atoms with van der Waals surface area (Å²) in [5.41, 5.74) is 4.99. The molecule has 0 aliphatic carbocycles. The summed E-state index contributed by atoms with van der Waals surface area (Å²) in [5, 5.41) is 3.60. The molecule has 0 aromatic heterocycles. The molecule has 2 aromatic rings. The van der Waals surface area contributed by atoms with E-state index in [2.05, 4.69) is 57.3 Å². The molecule has 21 heavy (non-hydrogen) atoms. The van der Waals surface area contributed by atoms with Crippen molar-refractivity contribution in [2.24, 2.45) is 0 Å². The number of para-hydroxylation sites is 1. The van der Waals surface area contributed by atoms with Crippen molar-refractivity contribution in [1.29, 1.82) is 0 Å². The van der Waals surface area contributed by atoms with E-state index in [4.69, 9.17) is 4.74 Å². The summed E-state index contributed by atoms with van der Waals surface area (Å²) >= 11 is 0. The minimum absolute atomic E-state index is 0.483. The second-order valence-electron chi connectivity index (χ2n) is 5.98. The molecule has 0 bridgehead atoms. The number of hydrogen-bond acceptors (Lipinski definition) is 2. The summed E-state index contributed by atoms with van der Waals surface area (Å²) in [4.78, 5) is 0. The number of hydrogen-bond donors (Lipinski definition) is 1. The molecule has 2 heteroatoms. The largest absolute Gasteiger partial charge is 0.497 e. The lowest BCUT2D eigenvalue weighted by molar-refractivity contribution is 0.415. The van der Waals surface area contributed by atoms with E-state index in [9.17, 15) is 0 Å². The lowest BCUT2D eigenvalue weighted by atomic mass is 9.92. The normalized spacial score (nSPS) is 11.0. The van der Waals surface area contributed by atoms with Gasteiger partial charge in [0.2, 0.25) is 0 Å². The molecule has 1 N–H and O–H groups in total. The van der Waals surface area contributed by atoms with Crippen molar-refractivity contribution in [2.45, 2.75) is 39.5 Å². The minimum atomic E-state index is 0.483. The van der Waals surface area contributed by atoms with E-state index < -0.39 is 0 Å². The molecule has 2 rings (SSSR count). The van der Waals surface area contributed by atoms with Gasteiger partial charge in [-0.1, -0.05) is 52.0 Å². The van der Waals surface area contributed by atoms with Crippen LogP contribution in [0.2, 0.25) is 0 Å². The molecule has 0 spiro atoms. The van der Waals surface area contributed by atoms with E-state index in [0.717, 1.165) is 11.4 Å². The average molecular weight is 283 g/mol. The fourth-order valence-electron chi connectivity index (χ4n) is 2.54. The van der Waals surface area contributed by atoms with Crippen LogP contribution >= 0.6 is 0 Å². The number of benzene rings is 2. The van der Waals surface area contributed by atoms with Crippen molar-refractivity contribution >= 4 is 11.4 Å². The predicted octanol–water partition coefficient (Wildman–Crippen LogP) is 5.69. The van der Waals surface area contributed by atoms with Crippen LogP contribution in [0.15, 0.2) is 42.5 Å². The van der Waals surface area contributed by atoms with Crippen molar-refractivity contribution in [2.75, 3.05) is 12.4 Å². The third kappa shape index (κ3) is 3.57. The summed E-state index contributed by atoms with van der Waals surface area (Å²) in [6.45, 7) is 8.93. The van der Waals surface area contributed by atoms with E-state index in [1.165, 1.54) is 16.8 Å². The first-order valence-electron chi connectivity index (χ1n) is 7.56. The standard InChI is InChI=1S/C19H25NO/c1-13(2)17-10-7-11-18(14(3)4)19(17)20-15-8-6-9-16(12-15)21-5/h6-14,20H,1-5H3. The molecule has 2 nitrogen and oxygen atoms in total. The Morgan fingerprint density at radius 1 is 0.857 bits per heavy atom. The molecule has 0 aliphatic rings. The van der Waals surface area contributed by atoms with Crippen LogP contribution in [0.4, 0.5) is 11.4 Å². The van der Waals surface area contributed by atoms with Crippen LogP contribution in [0.3, 0.4) is 0 Å². The maximum absolute atomic E-state index is 5.31. The zero-order chi connectivity index (χ0) is 15.4. The van der Waals surface area contributed by atoms with E-state index in [0.29, 0.717) is 11.8 Å². The molecular formula is C19H25NO. The van der Waals surface area contributed by atoms with Crippen LogP contribution in [-0.4, -0.2) is 7.11 Å². The highest BCUT2D eigenvalue weighted by atomic mass is 16.5. The van der Waals surface area contributed by atoms with Gasteiger partial charge in [0, 0.05) is 17.4 Å². The van der Waals surface area contributed by atoms with Gasteiger partial charge in [0.05, 0.1) is 7.11 Å². The molecule has 0 aliphatic heterocycles. The maximum atomic E-state index is 5.31. The maximum Gasteiger partial charge on any atom is 0.120 e. The van der Waals surface area contributed by atoms with Crippen LogP contribution in [0.5, 0.6) is 5.75 Å². The van der Waals surface area contributed by atoms with E-state index >= 15 is 0 Å². The van der Waals surface area contributed by atoms with Crippen LogP contribution in [0, 0.1) is 0 Å². The van der Waals surface area contributed by atoms with Crippen LogP contribution < -0.4 is 10.1 Å². The Hall–Kier alpha value is -1.96. The first kappa shape index (κ1) is 15.4. The van der Waals surface area contributed by atoms with Gasteiger partial charge >= 0.3 is 0 Å². The fourth-order valence-corrected chi connectivity index (χ4v) is 2.54. The third-order valence-electron chi connectivity index (χ3n) is 3.71. The lowest BCUT2D eigenvalue weighted by Crippen LogP contribution is -2.03. The van der Waals surface area contributed by atoms with Gasteiger partial charge < -0.3 is 10.1 Å². The second kappa shape index (κ2) is 6.66. The zero-order valence-corrected chi connectivity index (χ0v) is 13.6. The number of rotatable bonds is 5. The predicted molar refractivity (Wildman–Crippen MR) is 90.9 cm³/mol. The Balaban J connectivity index is 2.45. The summed E-state index contributed by atoms with van der Waals surface area (Å²) in [6.07, 6.45) is 0. The molecule has 0 amide bonds. The first-order chi connectivity index (χ1) is 10.0. The van der Waals surface area contributed by atoms with Gasteiger partial charge in [-0.05, 0) is 35.1 Å². The van der Waals surface area contributed by atoms with Gasteiger partial charge in [-0.15, -0.1) is 0 Å². The van der Waals surface area contributed by atoms with Crippen LogP contribution in [0.1, 0.15) is 50.7 Å². The van der Waals surface area contributed by atoms with Crippen molar-refractivity contribution in [3.8, 4) is 5.75 Å². The zero-order valence-electron chi connectivity index (χ0n) is 13.6. The molecular weight excluding hydrogens is 258 g/mol. The Kier molecular flexibility index (Phi) is 4.89. The van der Waals surface area contributed by atoms with Crippen LogP contribution in [-0.2, 0) is 0 Å². The van der Waals surface area contributed by atoms with Gasteiger partial charge in [0.15, 0.2) is 0 Å². The average Bonchev–Trinajstić information content (AvgIpc) is 2.47. The number of nitrogens with one attached hydrogen (secondary N) is 1. The SMILES string of the molecule is COc1cccc(Nc2c(C(C)C)cccc2C(C)C)c1. The molecule has 0 saturated carbocycles. The van der Waals surface area contributed by atoms with Crippen molar-refractivity contribution in [3.63, 3.8) is 0 Å². The molecule has 0 heterocycles. The smallest absolute Gasteiger partial charge is 0.120 e. The first-order valence-corrected chi connectivity index (χ1v) is 7.56. The summed E-state index contributed by atoms with van der Waals surface area (Å²) in [7, 11) is 1.70. The molecule has 2 aromatic carbocycles. The summed E-state index contributed by atoms with van der Waals surface area (Å²) in [6, 6.07) is 14.6. The monoisotopic (exact) mass is 283 g/mol. The highest BCUT2D eigenvalue weighted by Gasteiger charge is 2.13. The van der Waals surface area contributed by atoms with Gasteiger partial charge in [-0.2, -0.15) is 0 Å². The number of anilines is 2. The van der Waals surface area contributed by atoms with E-state index in [1.807, 2.05) is 18.2 Å². The quantitative estimate of drug-likeness (QED) is 0.761. The Morgan fingerprint density at radius 2 is 1.43 bits per heavy atom. The van der Waals surface area contributed by atoms with Gasteiger partial charge in [-0.3, -0.25) is 0 Å². The third-order valence-corrected chi connectivity index (χ3v) is 3.71. The summed E-state index contributed by atoms with van der Waals surface area (Å²) < 4.78 is 5.31. The molecule has 0 atom stereocenters. The van der Waals surface area contributed by atoms with Crippen molar-refractivity contribution in [3.05, 3.63) is 53.6 Å². The molecule has 0 saturated heterocycles. The topological polar surface area (TPSA) is 21.3 Å². The van der Waals surface area contributed by atoms with Gasteiger partial charge in [-0.25, -0.2) is 0 Å². The number of methoxy groups -OCH3 is 1. The van der Waals surface area contributed by atoms with Crippen molar-refractivity contribution in [1.82, 2.24) is 0 Å². The van der Waals surface area contributed by atoms with E-state index in [-0.39, 0.29) is 0 Å². The highest BCUT2D eigenvalue weighted by molar-refractivity contribution is 5.69. The van der Waals surface area contributed by atoms with Crippen molar-refractivity contribution < 1.29 is 4.74 Å². The van der Waals surface area contributed by atoms with Gasteiger partial charge in [0.25, 0.3) is 0 Å². The molecule has 0 radical (unpaired) electrons. The Bertz CT molecular complexity index is 576. The highest BCUT2D eigenvalue weighted by Crippen LogP contribution is 2.35. The van der Waals surface area contributed by atoms with Crippen LogP contribution in [0.25, 0.3) is 0 Å². The van der Waals surface area contributed by atoms with Gasteiger partial charge in [0.1, 0.15) is 5.75 Å². The fraction of sp³-hybridized carbons (Fsp3) is 0.368. The Morgan fingerprint density at radius 3 is 1.95 bits per heavy atom. The minimum Gasteiger partial charge on any atom is -0.497 e. The lowest BCUT2D eigenvalue weighted by Gasteiger charge is -2.21. The second-order valence-corrected chi connectivity index (χ2v) is 5.98. The Labute approximate surface area is 128 Å². The molecule has 0 unspecified atom stereocenters. The summed E-state index contributed by atoms with van der Waals surface area (Å²) in [5.74, 6) is 1.83.